The van der Waals surface area contributed by atoms with Crippen LogP contribution in [0, 0.1) is 0 Å². The lowest BCUT2D eigenvalue weighted by molar-refractivity contribution is 0.601. The van der Waals surface area contributed by atoms with Crippen molar-refractivity contribution in [3.63, 3.8) is 0 Å². The Morgan fingerprint density at radius 2 is 1.78 bits per heavy atom. The highest BCUT2D eigenvalue weighted by atomic mass is 35.5. The number of hydrogen-bond donors (Lipinski definition) is 2. The highest BCUT2D eigenvalue weighted by Crippen LogP contribution is 2.33. The van der Waals surface area contributed by atoms with Crippen molar-refractivity contribution >= 4 is 50.5 Å². The molecule has 96 valence electrons. The maximum atomic E-state index is 11.9. The van der Waals surface area contributed by atoms with Crippen LogP contribution in [0.4, 0.5) is 5.69 Å². The molecule has 18 heavy (non-hydrogen) atoms. The fraction of sp³-hybridized carbons (Fsp3) is 0. The average Bonchev–Trinajstić information content (AvgIpc) is 2.79. The van der Waals surface area contributed by atoms with Crippen LogP contribution in [0.3, 0.4) is 0 Å². The number of hydrogen-bond acceptors (Lipinski definition) is 3. The normalized spacial score (nSPS) is 11.5. The van der Waals surface area contributed by atoms with Gasteiger partial charge < -0.3 is 0 Å². The van der Waals surface area contributed by atoms with E-state index in [2.05, 4.69) is 14.9 Å². The second kappa shape index (κ2) is 4.97. The number of anilines is 1. The van der Waals surface area contributed by atoms with Crippen LogP contribution in [0.15, 0.2) is 29.4 Å². The first-order valence-electron chi connectivity index (χ1n) is 4.56. The minimum Gasteiger partial charge on any atom is -0.284 e. The molecule has 0 aliphatic heterocycles. The van der Waals surface area contributed by atoms with Crippen LogP contribution in [0.2, 0.25) is 15.1 Å². The van der Waals surface area contributed by atoms with Gasteiger partial charge in [-0.2, -0.15) is 5.10 Å². The lowest BCUT2D eigenvalue weighted by Gasteiger charge is -2.09. The maximum Gasteiger partial charge on any atom is 0.265 e. The van der Waals surface area contributed by atoms with E-state index in [-0.39, 0.29) is 25.7 Å². The van der Waals surface area contributed by atoms with Gasteiger partial charge >= 0.3 is 0 Å². The zero-order valence-corrected chi connectivity index (χ0v) is 11.7. The van der Waals surface area contributed by atoms with Crippen molar-refractivity contribution in [2.75, 3.05) is 4.72 Å². The molecule has 2 N–H and O–H groups in total. The lowest BCUT2D eigenvalue weighted by Crippen LogP contribution is -2.12. The molecular weight excluding hydrogens is 321 g/mol. The van der Waals surface area contributed by atoms with Crippen molar-refractivity contribution in [1.82, 2.24) is 10.2 Å². The van der Waals surface area contributed by atoms with Gasteiger partial charge in [-0.25, -0.2) is 8.42 Å². The zero-order valence-electron chi connectivity index (χ0n) is 8.62. The third-order valence-corrected chi connectivity index (χ3v) is 4.41. The molecular formula is C9H6Cl3N3O2S. The summed E-state index contributed by atoms with van der Waals surface area (Å²) in [6.45, 7) is 0. The van der Waals surface area contributed by atoms with Crippen molar-refractivity contribution in [2.45, 2.75) is 4.90 Å². The van der Waals surface area contributed by atoms with Crippen LogP contribution in [0.1, 0.15) is 0 Å². The van der Waals surface area contributed by atoms with Crippen molar-refractivity contribution in [3.8, 4) is 0 Å². The quantitative estimate of drug-likeness (QED) is 0.851. The van der Waals surface area contributed by atoms with Crippen LogP contribution in [0.25, 0.3) is 0 Å². The zero-order chi connectivity index (χ0) is 13.3. The van der Waals surface area contributed by atoms with E-state index in [1.165, 1.54) is 24.5 Å². The van der Waals surface area contributed by atoms with Gasteiger partial charge in [-0.3, -0.25) is 9.82 Å². The Hall–Kier alpha value is -0.950. The molecule has 5 nitrogen and oxygen atoms in total. The fourth-order valence-corrected chi connectivity index (χ4v) is 2.82. The molecule has 1 heterocycles. The van der Waals surface area contributed by atoms with E-state index in [0.717, 1.165) is 0 Å². The first-order chi connectivity index (χ1) is 8.40. The van der Waals surface area contributed by atoms with Crippen molar-refractivity contribution < 1.29 is 8.42 Å². The summed E-state index contributed by atoms with van der Waals surface area (Å²) in [6.07, 6.45) is 2.42. The minimum atomic E-state index is -3.75. The molecule has 0 bridgehead atoms. The molecule has 0 aliphatic rings. The first-order valence-corrected chi connectivity index (χ1v) is 7.18. The fourth-order valence-electron chi connectivity index (χ4n) is 1.19. The number of benzene rings is 1. The van der Waals surface area contributed by atoms with Gasteiger partial charge in [0.2, 0.25) is 0 Å². The molecule has 2 rings (SSSR count). The molecule has 0 spiro atoms. The SMILES string of the molecule is O=S(=O)(Nc1cc(Cl)c(Cl)cc1Cl)c1cn[nH]c1. The van der Waals surface area contributed by atoms with E-state index in [9.17, 15) is 8.42 Å². The molecule has 2 aromatic rings. The van der Waals surface area contributed by atoms with Crippen LogP contribution in [-0.4, -0.2) is 18.6 Å². The van der Waals surface area contributed by atoms with Gasteiger partial charge in [-0.1, -0.05) is 34.8 Å². The van der Waals surface area contributed by atoms with Gasteiger partial charge in [0, 0.05) is 6.20 Å². The number of rotatable bonds is 3. The maximum absolute atomic E-state index is 11.9. The predicted octanol–water partition coefficient (Wildman–Crippen LogP) is 3.17. The number of sulfonamides is 1. The monoisotopic (exact) mass is 325 g/mol. The molecule has 1 aromatic heterocycles. The molecule has 1 aromatic carbocycles. The molecule has 0 saturated heterocycles. The van der Waals surface area contributed by atoms with Gasteiger partial charge in [0.15, 0.2) is 0 Å². The summed E-state index contributed by atoms with van der Waals surface area (Å²) >= 11 is 17.4. The van der Waals surface area contributed by atoms with E-state index in [1.807, 2.05) is 0 Å². The number of aromatic nitrogens is 2. The molecule has 0 saturated carbocycles. The Kier molecular flexibility index (Phi) is 3.72. The van der Waals surface area contributed by atoms with E-state index in [0.29, 0.717) is 0 Å². The molecule has 0 radical (unpaired) electrons. The van der Waals surface area contributed by atoms with Gasteiger partial charge in [0.1, 0.15) is 4.90 Å². The summed E-state index contributed by atoms with van der Waals surface area (Å²) in [5.74, 6) is 0. The van der Waals surface area contributed by atoms with Gasteiger partial charge in [-0.05, 0) is 12.1 Å². The Labute approximate surface area is 118 Å². The third-order valence-electron chi connectivity index (χ3n) is 2.04. The minimum absolute atomic E-state index is 0.00959. The number of nitrogens with one attached hydrogen (secondary N) is 2. The highest BCUT2D eigenvalue weighted by Gasteiger charge is 2.17. The van der Waals surface area contributed by atoms with Crippen molar-refractivity contribution in [3.05, 3.63) is 39.6 Å². The predicted molar refractivity (Wildman–Crippen MR) is 70.9 cm³/mol. The number of aromatic amines is 1. The Morgan fingerprint density at radius 1 is 1.11 bits per heavy atom. The van der Waals surface area contributed by atoms with Crippen LogP contribution >= 0.6 is 34.8 Å². The largest absolute Gasteiger partial charge is 0.284 e. The van der Waals surface area contributed by atoms with Crippen LogP contribution in [0.5, 0.6) is 0 Å². The standard InChI is InChI=1S/C9H6Cl3N3O2S/c10-6-1-8(12)9(2-7(6)11)15-18(16,17)5-3-13-14-4-5/h1-4,15H,(H,13,14). The average molecular weight is 327 g/mol. The molecule has 9 heteroatoms. The van der Waals surface area contributed by atoms with E-state index in [4.69, 9.17) is 34.8 Å². The molecule has 0 atom stereocenters. The second-order valence-corrected chi connectivity index (χ2v) is 6.19. The Balaban J connectivity index is 2.39. The summed E-state index contributed by atoms with van der Waals surface area (Å²) in [6, 6.07) is 2.70. The van der Waals surface area contributed by atoms with E-state index in [1.54, 1.807) is 0 Å². The third kappa shape index (κ3) is 2.72. The number of nitrogens with zero attached hydrogens (tertiary/aromatic N) is 1. The summed E-state index contributed by atoms with van der Waals surface area (Å²) in [5, 5.41) is 6.56. The molecule has 0 fully saturated rings. The van der Waals surface area contributed by atoms with E-state index < -0.39 is 10.0 Å². The van der Waals surface area contributed by atoms with Gasteiger partial charge in [0.05, 0.1) is 27.0 Å². The summed E-state index contributed by atoms with van der Waals surface area (Å²) in [4.78, 5) is -0.00959. The van der Waals surface area contributed by atoms with Crippen LogP contribution < -0.4 is 4.72 Å². The Bertz CT molecular complexity index is 671. The smallest absolute Gasteiger partial charge is 0.265 e. The molecule has 0 unspecified atom stereocenters. The second-order valence-electron chi connectivity index (χ2n) is 3.29. The van der Waals surface area contributed by atoms with Gasteiger partial charge in [-0.15, -0.1) is 0 Å². The molecule has 0 amide bonds. The number of H-pyrrole nitrogens is 1. The van der Waals surface area contributed by atoms with Crippen molar-refractivity contribution in [2.24, 2.45) is 0 Å². The Morgan fingerprint density at radius 3 is 2.39 bits per heavy atom. The topological polar surface area (TPSA) is 74.8 Å². The summed E-state index contributed by atoms with van der Waals surface area (Å²) in [7, 11) is -3.75. The van der Waals surface area contributed by atoms with Crippen molar-refractivity contribution in [1.29, 1.82) is 0 Å². The highest BCUT2D eigenvalue weighted by molar-refractivity contribution is 7.92. The number of halogens is 3. The van der Waals surface area contributed by atoms with Crippen LogP contribution in [-0.2, 0) is 10.0 Å². The first kappa shape index (κ1) is 13.5. The summed E-state index contributed by atoms with van der Waals surface area (Å²) < 4.78 is 26.1. The van der Waals surface area contributed by atoms with E-state index >= 15 is 0 Å². The van der Waals surface area contributed by atoms with Gasteiger partial charge in [0.25, 0.3) is 10.0 Å². The molecule has 0 aliphatic carbocycles. The lowest BCUT2D eigenvalue weighted by atomic mass is 10.3. The summed E-state index contributed by atoms with van der Waals surface area (Å²) in [5.41, 5.74) is 0.146.